The fraction of sp³-hybridized carbons (Fsp3) is 0.400. The van der Waals surface area contributed by atoms with Gasteiger partial charge in [0.2, 0.25) is 12.7 Å². The van der Waals surface area contributed by atoms with Crippen LogP contribution >= 0.6 is 0 Å². The van der Waals surface area contributed by atoms with Crippen molar-refractivity contribution < 1.29 is 13.5 Å². The molecule has 0 radical (unpaired) electrons. The van der Waals surface area contributed by atoms with Crippen molar-refractivity contribution >= 4 is 5.69 Å². The Hall–Kier alpha value is -1.17. The molecule has 0 bridgehead atoms. The SMILES string of the molecule is NNc1c[nH][n+](CC(F)F)c1. The third kappa shape index (κ3) is 2.15. The summed E-state index contributed by atoms with van der Waals surface area (Å²) in [4.78, 5) is 0. The van der Waals surface area contributed by atoms with Gasteiger partial charge in [0.1, 0.15) is 5.69 Å². The number of nitrogens with zero attached hydrogens (tertiary/aromatic N) is 1. The second-order valence-corrected chi connectivity index (χ2v) is 2.05. The lowest BCUT2D eigenvalue weighted by Gasteiger charge is -1.88. The number of hydrogen-bond acceptors (Lipinski definition) is 2. The molecule has 1 heterocycles. The van der Waals surface area contributed by atoms with Gasteiger partial charge in [-0.2, -0.15) is 5.10 Å². The van der Waals surface area contributed by atoms with E-state index >= 15 is 0 Å². The topological polar surface area (TPSA) is 57.7 Å². The number of aromatic nitrogens is 2. The van der Waals surface area contributed by atoms with E-state index in [0.29, 0.717) is 5.69 Å². The Labute approximate surface area is 62.0 Å². The Morgan fingerprint density at radius 1 is 1.73 bits per heavy atom. The highest BCUT2D eigenvalue weighted by atomic mass is 19.3. The van der Waals surface area contributed by atoms with Crippen molar-refractivity contribution in [3.05, 3.63) is 12.4 Å². The Kier molecular flexibility index (Phi) is 2.37. The fourth-order valence-corrected chi connectivity index (χ4v) is 0.728. The van der Waals surface area contributed by atoms with Crippen LogP contribution in [0.5, 0.6) is 0 Å². The summed E-state index contributed by atoms with van der Waals surface area (Å²) >= 11 is 0. The summed E-state index contributed by atoms with van der Waals surface area (Å²) in [6.45, 7) is -0.346. The van der Waals surface area contributed by atoms with Gasteiger partial charge in [-0.25, -0.2) is 8.78 Å². The summed E-state index contributed by atoms with van der Waals surface area (Å²) < 4.78 is 24.7. The molecular weight excluding hydrogens is 154 g/mol. The number of nitrogens with one attached hydrogen (secondary N) is 2. The smallest absolute Gasteiger partial charge is 0.298 e. The molecule has 1 aromatic rings. The second kappa shape index (κ2) is 3.29. The van der Waals surface area contributed by atoms with Crippen LogP contribution in [0.2, 0.25) is 0 Å². The van der Waals surface area contributed by atoms with Gasteiger partial charge in [0.05, 0.1) is 6.20 Å². The quantitative estimate of drug-likeness (QED) is 0.330. The van der Waals surface area contributed by atoms with Gasteiger partial charge in [-0.1, -0.05) is 0 Å². The maximum Gasteiger partial charge on any atom is 0.298 e. The first-order chi connectivity index (χ1) is 5.22. The second-order valence-electron chi connectivity index (χ2n) is 2.05. The third-order valence-electron chi connectivity index (χ3n) is 1.18. The lowest BCUT2D eigenvalue weighted by Crippen LogP contribution is -2.38. The summed E-state index contributed by atoms with van der Waals surface area (Å²) in [6.07, 6.45) is 0.610. The number of nitrogens with two attached hydrogens (primary N) is 1. The van der Waals surface area contributed by atoms with Crippen molar-refractivity contribution in [1.82, 2.24) is 5.10 Å². The summed E-state index contributed by atoms with van der Waals surface area (Å²) in [7, 11) is 0. The number of anilines is 1. The number of hydrazine groups is 1. The molecule has 0 fully saturated rings. The highest BCUT2D eigenvalue weighted by Crippen LogP contribution is 1.97. The zero-order chi connectivity index (χ0) is 8.27. The van der Waals surface area contributed by atoms with Gasteiger partial charge in [-0.3, -0.25) is 5.84 Å². The van der Waals surface area contributed by atoms with Crippen LogP contribution in [-0.4, -0.2) is 11.5 Å². The molecule has 0 unspecified atom stereocenters. The summed E-state index contributed by atoms with van der Waals surface area (Å²) in [5, 5.41) is 2.58. The largest absolute Gasteiger partial charge is 0.318 e. The Balaban J connectivity index is 2.58. The molecule has 0 amide bonds. The number of halogens is 2. The first-order valence-corrected chi connectivity index (χ1v) is 3.05. The average Bonchev–Trinajstić information content (AvgIpc) is 2.34. The van der Waals surface area contributed by atoms with Crippen molar-refractivity contribution in [2.24, 2.45) is 5.84 Å². The first-order valence-electron chi connectivity index (χ1n) is 3.05. The van der Waals surface area contributed by atoms with Gasteiger partial charge < -0.3 is 5.43 Å². The first kappa shape index (κ1) is 7.93. The summed E-state index contributed by atoms with van der Waals surface area (Å²) in [5.74, 6) is 5.02. The van der Waals surface area contributed by atoms with E-state index in [2.05, 4.69) is 10.5 Å². The molecule has 0 aliphatic heterocycles. The molecule has 4 N–H and O–H groups in total. The van der Waals surface area contributed by atoms with Crippen molar-refractivity contribution in [3.63, 3.8) is 0 Å². The van der Waals surface area contributed by atoms with E-state index in [1.807, 2.05) is 0 Å². The minimum atomic E-state index is -2.36. The highest BCUT2D eigenvalue weighted by Gasteiger charge is 2.12. The van der Waals surface area contributed by atoms with E-state index in [0.717, 1.165) is 0 Å². The van der Waals surface area contributed by atoms with E-state index in [-0.39, 0.29) is 6.54 Å². The van der Waals surface area contributed by atoms with Crippen LogP contribution < -0.4 is 16.0 Å². The molecule has 0 saturated heterocycles. The number of H-pyrrole nitrogens is 1. The van der Waals surface area contributed by atoms with E-state index in [1.165, 1.54) is 17.1 Å². The van der Waals surface area contributed by atoms with Gasteiger partial charge in [-0.15, -0.1) is 4.68 Å². The zero-order valence-corrected chi connectivity index (χ0v) is 5.72. The molecule has 4 nitrogen and oxygen atoms in total. The number of alkyl halides is 2. The molecule has 11 heavy (non-hydrogen) atoms. The maximum atomic E-state index is 11.7. The molecule has 0 aliphatic carbocycles. The van der Waals surface area contributed by atoms with Crippen LogP contribution in [0.25, 0.3) is 0 Å². The van der Waals surface area contributed by atoms with Crippen molar-refractivity contribution in [2.75, 3.05) is 5.43 Å². The standard InChI is InChI=1S/C5H8F2N4/c6-5(7)3-11-2-4(10-8)1-9-11/h1-2,5,10H,3,8H2/p+1. The van der Waals surface area contributed by atoms with Crippen LogP contribution in [-0.2, 0) is 6.54 Å². The molecule has 0 aromatic carbocycles. The lowest BCUT2D eigenvalue weighted by atomic mass is 10.6. The zero-order valence-electron chi connectivity index (χ0n) is 5.72. The number of hydrogen-bond donors (Lipinski definition) is 3. The molecule has 1 aromatic heterocycles. The molecule has 62 valence electrons. The van der Waals surface area contributed by atoms with Crippen LogP contribution in [0.1, 0.15) is 0 Å². The monoisotopic (exact) mass is 163 g/mol. The maximum absolute atomic E-state index is 11.7. The fourth-order valence-electron chi connectivity index (χ4n) is 0.728. The van der Waals surface area contributed by atoms with Crippen molar-refractivity contribution in [2.45, 2.75) is 13.0 Å². The number of aromatic amines is 1. The third-order valence-corrected chi connectivity index (χ3v) is 1.18. The van der Waals surface area contributed by atoms with E-state index < -0.39 is 6.43 Å². The van der Waals surface area contributed by atoms with E-state index in [4.69, 9.17) is 5.84 Å². The van der Waals surface area contributed by atoms with E-state index in [1.54, 1.807) is 0 Å². The highest BCUT2D eigenvalue weighted by molar-refractivity contribution is 5.33. The van der Waals surface area contributed by atoms with Crippen LogP contribution in [0.3, 0.4) is 0 Å². The van der Waals surface area contributed by atoms with Crippen molar-refractivity contribution in [3.8, 4) is 0 Å². The Morgan fingerprint density at radius 3 is 2.91 bits per heavy atom. The average molecular weight is 163 g/mol. The molecular formula is C5H9F2N4+. The molecule has 1 rings (SSSR count). The van der Waals surface area contributed by atoms with Crippen molar-refractivity contribution in [1.29, 1.82) is 0 Å². The number of rotatable bonds is 3. The minimum absolute atomic E-state index is 0.346. The predicted octanol–water partition coefficient (Wildman–Crippen LogP) is -0.147. The molecule has 0 atom stereocenters. The Morgan fingerprint density at radius 2 is 2.45 bits per heavy atom. The van der Waals surface area contributed by atoms with Gasteiger partial charge >= 0.3 is 0 Å². The number of nitrogen functional groups attached to an aromatic ring is 1. The lowest BCUT2D eigenvalue weighted by molar-refractivity contribution is -0.757. The molecule has 0 saturated carbocycles. The van der Waals surface area contributed by atoms with Gasteiger partial charge in [0, 0.05) is 0 Å². The van der Waals surface area contributed by atoms with Crippen LogP contribution in [0.4, 0.5) is 14.5 Å². The molecule has 0 spiro atoms. The summed E-state index contributed by atoms with van der Waals surface area (Å²) in [6, 6.07) is 0. The van der Waals surface area contributed by atoms with Gasteiger partial charge in [0.15, 0.2) is 0 Å². The summed E-state index contributed by atoms with van der Waals surface area (Å²) in [5.41, 5.74) is 2.90. The molecule has 6 heteroatoms. The van der Waals surface area contributed by atoms with Crippen LogP contribution in [0, 0.1) is 0 Å². The molecule has 0 aliphatic rings. The van der Waals surface area contributed by atoms with Crippen LogP contribution in [0.15, 0.2) is 12.4 Å². The van der Waals surface area contributed by atoms with Gasteiger partial charge in [0.25, 0.3) is 6.43 Å². The predicted molar refractivity (Wildman–Crippen MR) is 34.8 cm³/mol. The minimum Gasteiger partial charge on any atom is -0.318 e. The van der Waals surface area contributed by atoms with E-state index in [9.17, 15) is 8.78 Å². The van der Waals surface area contributed by atoms with Gasteiger partial charge in [-0.05, 0) is 0 Å². The normalized spacial score (nSPS) is 10.5. The Bertz CT molecular complexity index is 222.